The van der Waals surface area contributed by atoms with E-state index in [4.69, 9.17) is 9.47 Å². The highest BCUT2D eigenvalue weighted by Crippen LogP contribution is 2.32. The van der Waals surface area contributed by atoms with Gasteiger partial charge in [-0.1, -0.05) is 35.5 Å². The number of sulfone groups is 1. The SMILES string of the molecule is O=C(NNc1nc2c(S(=O)(=O)c3ccccc3)nnn2c2ccccc12)c1ccc2c(c1)OCO2. The minimum atomic E-state index is -3.99. The molecule has 6 rings (SSSR count). The van der Waals surface area contributed by atoms with Crippen molar-refractivity contribution in [3.8, 4) is 11.5 Å². The summed E-state index contributed by atoms with van der Waals surface area (Å²) in [5, 5.41) is 8.28. The van der Waals surface area contributed by atoms with Crippen molar-refractivity contribution in [1.29, 1.82) is 0 Å². The van der Waals surface area contributed by atoms with Crippen LogP contribution in [0.3, 0.4) is 0 Å². The van der Waals surface area contributed by atoms with Crippen LogP contribution < -0.4 is 20.3 Å². The Morgan fingerprint density at radius 2 is 1.71 bits per heavy atom. The number of nitrogens with one attached hydrogen (secondary N) is 2. The maximum absolute atomic E-state index is 13.2. The van der Waals surface area contributed by atoms with Crippen molar-refractivity contribution >= 4 is 38.1 Å². The van der Waals surface area contributed by atoms with E-state index in [1.54, 1.807) is 60.7 Å². The van der Waals surface area contributed by atoms with Crippen LogP contribution >= 0.6 is 0 Å². The predicted molar refractivity (Wildman–Crippen MR) is 124 cm³/mol. The summed E-state index contributed by atoms with van der Waals surface area (Å²) in [6.07, 6.45) is 0. The molecule has 0 spiro atoms. The predicted octanol–water partition coefficient (Wildman–Crippen LogP) is 2.60. The molecule has 3 aromatic carbocycles. The van der Waals surface area contributed by atoms with Gasteiger partial charge in [-0.2, -0.15) is 4.52 Å². The Morgan fingerprint density at radius 3 is 2.57 bits per heavy atom. The van der Waals surface area contributed by atoms with Crippen LogP contribution in [0.25, 0.3) is 16.6 Å². The number of carbonyl (C=O) groups excluding carboxylic acids is 1. The molecule has 0 fully saturated rings. The molecule has 0 radical (unpaired) electrons. The highest BCUT2D eigenvalue weighted by Gasteiger charge is 2.27. The second kappa shape index (κ2) is 7.95. The highest BCUT2D eigenvalue weighted by atomic mass is 32.2. The maximum atomic E-state index is 13.2. The van der Waals surface area contributed by atoms with Crippen LogP contribution in [0.15, 0.2) is 82.7 Å². The van der Waals surface area contributed by atoms with Crippen molar-refractivity contribution in [2.24, 2.45) is 0 Å². The summed E-state index contributed by atoms with van der Waals surface area (Å²) in [7, 11) is -3.99. The van der Waals surface area contributed by atoms with Gasteiger partial charge in [0, 0.05) is 10.9 Å². The van der Waals surface area contributed by atoms with Gasteiger partial charge in [-0.15, -0.1) is 5.10 Å². The molecule has 35 heavy (non-hydrogen) atoms. The number of anilines is 1. The topological polar surface area (TPSA) is 137 Å². The Bertz CT molecular complexity index is 1720. The zero-order chi connectivity index (χ0) is 24.0. The van der Waals surface area contributed by atoms with E-state index in [1.807, 2.05) is 0 Å². The molecule has 174 valence electrons. The van der Waals surface area contributed by atoms with Gasteiger partial charge in [-0.25, -0.2) is 13.4 Å². The molecule has 0 saturated heterocycles. The van der Waals surface area contributed by atoms with Crippen molar-refractivity contribution in [2.75, 3.05) is 12.2 Å². The van der Waals surface area contributed by atoms with E-state index < -0.39 is 15.7 Å². The van der Waals surface area contributed by atoms with Crippen molar-refractivity contribution < 1.29 is 22.7 Å². The van der Waals surface area contributed by atoms with E-state index in [0.29, 0.717) is 28.0 Å². The van der Waals surface area contributed by atoms with E-state index in [-0.39, 0.29) is 28.2 Å². The lowest BCUT2D eigenvalue weighted by atomic mass is 10.2. The van der Waals surface area contributed by atoms with Gasteiger partial charge in [-0.05, 0) is 42.5 Å². The Labute approximate surface area is 198 Å². The van der Waals surface area contributed by atoms with Crippen LogP contribution in [0.5, 0.6) is 11.5 Å². The third-order valence-electron chi connectivity index (χ3n) is 5.46. The molecule has 0 bridgehead atoms. The Kier molecular flexibility index (Phi) is 4.74. The van der Waals surface area contributed by atoms with E-state index in [9.17, 15) is 13.2 Å². The summed E-state index contributed by atoms with van der Waals surface area (Å²) >= 11 is 0. The number of amides is 1. The van der Waals surface area contributed by atoms with Gasteiger partial charge in [0.2, 0.25) is 21.7 Å². The standard InChI is InChI=1S/C23H16N6O5S/c30-22(14-10-11-18-19(12-14)34-13-33-18)26-25-20-16-8-4-5-9-17(16)29-21(24-20)23(27-28-29)35(31,32)15-6-2-1-3-7-15/h1-12H,13H2,(H,24,25)(H,26,30). The molecule has 1 aliphatic heterocycles. The lowest BCUT2D eigenvalue weighted by molar-refractivity contribution is 0.0962. The van der Waals surface area contributed by atoms with Crippen LogP contribution in [0, 0.1) is 0 Å². The molecule has 1 amide bonds. The first kappa shape index (κ1) is 20.9. The summed E-state index contributed by atoms with van der Waals surface area (Å²) in [6.45, 7) is 0.0994. The van der Waals surface area contributed by atoms with Gasteiger partial charge in [0.05, 0.1) is 10.4 Å². The van der Waals surface area contributed by atoms with E-state index in [1.165, 1.54) is 16.6 Å². The smallest absolute Gasteiger partial charge is 0.269 e. The van der Waals surface area contributed by atoms with Crippen LogP contribution in [-0.2, 0) is 9.84 Å². The summed E-state index contributed by atoms with van der Waals surface area (Å²) in [5.41, 5.74) is 6.32. The summed E-state index contributed by atoms with van der Waals surface area (Å²) in [4.78, 5) is 17.3. The first-order valence-corrected chi connectivity index (χ1v) is 11.9. The van der Waals surface area contributed by atoms with Gasteiger partial charge < -0.3 is 9.47 Å². The summed E-state index contributed by atoms with van der Waals surface area (Å²) in [6, 6.07) is 19.8. The molecule has 0 atom stereocenters. The van der Waals surface area contributed by atoms with E-state index >= 15 is 0 Å². The Morgan fingerprint density at radius 1 is 0.943 bits per heavy atom. The molecular weight excluding hydrogens is 472 g/mol. The number of hydrogen-bond donors (Lipinski definition) is 2. The summed E-state index contributed by atoms with van der Waals surface area (Å²) < 4.78 is 38.4. The fraction of sp³-hybridized carbons (Fsp3) is 0.0435. The third-order valence-corrected chi connectivity index (χ3v) is 7.13. The van der Waals surface area contributed by atoms with Crippen molar-refractivity contribution in [3.05, 3.63) is 78.4 Å². The van der Waals surface area contributed by atoms with Gasteiger partial charge in [0.25, 0.3) is 5.91 Å². The lowest BCUT2D eigenvalue weighted by Gasteiger charge is -2.12. The molecule has 12 heteroatoms. The Hall–Kier alpha value is -4.71. The number of rotatable bonds is 5. The molecule has 3 heterocycles. The van der Waals surface area contributed by atoms with Crippen LogP contribution in [0.2, 0.25) is 0 Å². The average molecular weight is 488 g/mol. The fourth-order valence-electron chi connectivity index (χ4n) is 3.75. The number of aromatic nitrogens is 4. The molecule has 1 aliphatic rings. The monoisotopic (exact) mass is 488 g/mol. The largest absolute Gasteiger partial charge is 0.454 e. The Balaban J connectivity index is 1.40. The van der Waals surface area contributed by atoms with Crippen molar-refractivity contribution in [3.63, 3.8) is 0 Å². The number of ether oxygens (including phenoxy) is 2. The molecule has 5 aromatic rings. The quantitative estimate of drug-likeness (QED) is 0.358. The van der Waals surface area contributed by atoms with Gasteiger partial charge in [-0.3, -0.25) is 15.6 Å². The third kappa shape index (κ3) is 3.47. The van der Waals surface area contributed by atoms with Crippen molar-refractivity contribution in [2.45, 2.75) is 9.92 Å². The molecular formula is C23H16N6O5S. The first-order valence-electron chi connectivity index (χ1n) is 10.4. The maximum Gasteiger partial charge on any atom is 0.269 e. The molecule has 2 N–H and O–H groups in total. The lowest BCUT2D eigenvalue weighted by Crippen LogP contribution is -2.30. The average Bonchev–Trinajstić information content (AvgIpc) is 3.54. The normalized spacial score (nSPS) is 12.7. The minimum Gasteiger partial charge on any atom is -0.454 e. The highest BCUT2D eigenvalue weighted by molar-refractivity contribution is 7.91. The molecule has 2 aromatic heterocycles. The van der Waals surface area contributed by atoms with Gasteiger partial charge in [0.1, 0.15) is 0 Å². The minimum absolute atomic E-state index is 0.0207. The number of para-hydroxylation sites is 1. The number of hydrogen-bond acceptors (Lipinski definition) is 9. The fourth-order valence-corrected chi connectivity index (χ4v) is 5.01. The zero-order valence-electron chi connectivity index (χ0n) is 17.9. The van der Waals surface area contributed by atoms with E-state index in [0.717, 1.165) is 0 Å². The second-order valence-corrected chi connectivity index (χ2v) is 9.44. The number of nitrogens with zero attached hydrogens (tertiary/aromatic N) is 4. The van der Waals surface area contributed by atoms with E-state index in [2.05, 4.69) is 26.1 Å². The number of hydrazine groups is 1. The number of benzene rings is 3. The number of carbonyl (C=O) groups is 1. The number of fused-ring (bicyclic) bond motifs is 4. The summed E-state index contributed by atoms with van der Waals surface area (Å²) in [5.74, 6) is 0.823. The second-order valence-electron chi connectivity index (χ2n) is 7.57. The van der Waals surface area contributed by atoms with Gasteiger partial charge in [0.15, 0.2) is 23.0 Å². The van der Waals surface area contributed by atoms with Crippen LogP contribution in [0.1, 0.15) is 10.4 Å². The molecule has 0 saturated carbocycles. The van der Waals surface area contributed by atoms with Crippen molar-refractivity contribution in [1.82, 2.24) is 25.2 Å². The molecule has 0 aliphatic carbocycles. The first-order chi connectivity index (χ1) is 17.0. The van der Waals surface area contributed by atoms with Crippen LogP contribution in [0.4, 0.5) is 5.82 Å². The van der Waals surface area contributed by atoms with Gasteiger partial charge >= 0.3 is 0 Å². The molecule has 0 unspecified atom stereocenters. The van der Waals surface area contributed by atoms with Crippen LogP contribution in [-0.4, -0.2) is 40.9 Å². The zero-order valence-corrected chi connectivity index (χ0v) is 18.7. The molecule has 11 nitrogen and oxygen atoms in total.